The molecular formula is C15H28O3. The van der Waals surface area contributed by atoms with Crippen LogP contribution in [0.3, 0.4) is 0 Å². The molecule has 1 N–H and O–H groups in total. The van der Waals surface area contributed by atoms with Gasteiger partial charge in [0.25, 0.3) is 0 Å². The molecule has 3 atom stereocenters. The topological polar surface area (TPSA) is 38.7 Å². The van der Waals surface area contributed by atoms with Gasteiger partial charge in [-0.1, -0.05) is 6.92 Å². The fourth-order valence-electron chi connectivity index (χ4n) is 3.94. The van der Waals surface area contributed by atoms with Gasteiger partial charge in [0.1, 0.15) is 0 Å². The summed E-state index contributed by atoms with van der Waals surface area (Å²) in [6, 6.07) is 0. The molecule has 0 aromatic carbocycles. The molecule has 0 saturated carbocycles. The largest absolute Gasteiger partial charge is 0.389 e. The van der Waals surface area contributed by atoms with Crippen LogP contribution in [0.25, 0.3) is 0 Å². The summed E-state index contributed by atoms with van der Waals surface area (Å²) in [4.78, 5) is 0. The summed E-state index contributed by atoms with van der Waals surface area (Å²) in [5.41, 5.74) is -1.02. The van der Waals surface area contributed by atoms with E-state index < -0.39 is 5.60 Å². The molecule has 3 nitrogen and oxygen atoms in total. The Morgan fingerprint density at radius 2 is 1.83 bits per heavy atom. The number of hydrogen-bond acceptors (Lipinski definition) is 3. The van der Waals surface area contributed by atoms with Gasteiger partial charge < -0.3 is 14.6 Å². The Kier molecular flexibility index (Phi) is 3.54. The Morgan fingerprint density at radius 1 is 1.17 bits per heavy atom. The summed E-state index contributed by atoms with van der Waals surface area (Å²) in [5, 5.41) is 11.1. The van der Waals surface area contributed by atoms with Crippen LogP contribution in [0.5, 0.6) is 0 Å². The maximum absolute atomic E-state index is 11.1. The third-order valence-corrected chi connectivity index (χ3v) is 4.65. The molecule has 18 heavy (non-hydrogen) atoms. The van der Waals surface area contributed by atoms with Crippen molar-refractivity contribution in [3.63, 3.8) is 0 Å². The molecule has 2 fully saturated rings. The molecule has 2 aliphatic heterocycles. The van der Waals surface area contributed by atoms with Crippen LogP contribution in [-0.2, 0) is 9.47 Å². The van der Waals surface area contributed by atoms with Crippen LogP contribution in [0.2, 0.25) is 0 Å². The Morgan fingerprint density at radius 3 is 2.33 bits per heavy atom. The van der Waals surface area contributed by atoms with Crippen molar-refractivity contribution in [2.24, 2.45) is 5.92 Å². The van der Waals surface area contributed by atoms with Crippen LogP contribution >= 0.6 is 0 Å². The maximum atomic E-state index is 11.1. The first-order chi connectivity index (χ1) is 8.19. The van der Waals surface area contributed by atoms with E-state index in [2.05, 4.69) is 34.6 Å². The monoisotopic (exact) mass is 256 g/mol. The Bertz CT molecular complexity index is 311. The molecule has 0 aromatic heterocycles. The SMILES string of the molecule is CCC1CC(O)(C2CC(C)(C)OC2(C)C)CCO1. The lowest BCUT2D eigenvalue weighted by atomic mass is 9.70. The summed E-state index contributed by atoms with van der Waals surface area (Å²) < 4.78 is 11.8. The number of ether oxygens (including phenoxy) is 2. The molecule has 0 bridgehead atoms. The van der Waals surface area contributed by atoms with Crippen molar-refractivity contribution < 1.29 is 14.6 Å². The third kappa shape index (κ3) is 2.59. The molecule has 106 valence electrons. The Balaban J connectivity index is 2.19. The van der Waals surface area contributed by atoms with Crippen molar-refractivity contribution in [2.45, 2.75) is 83.2 Å². The Labute approximate surface area is 111 Å². The van der Waals surface area contributed by atoms with E-state index in [1.165, 1.54) is 0 Å². The summed E-state index contributed by atoms with van der Waals surface area (Å²) in [7, 11) is 0. The Hall–Kier alpha value is -0.120. The highest BCUT2D eigenvalue weighted by atomic mass is 16.5. The van der Waals surface area contributed by atoms with E-state index in [-0.39, 0.29) is 23.2 Å². The van der Waals surface area contributed by atoms with Crippen molar-refractivity contribution in [3.05, 3.63) is 0 Å². The fraction of sp³-hybridized carbons (Fsp3) is 1.00. The standard InChI is InChI=1S/C15H28O3/c1-6-11-9-15(16,7-8-17-11)12-10-13(2,3)18-14(12,4)5/h11-12,16H,6-10H2,1-5H3. The quantitative estimate of drug-likeness (QED) is 0.825. The molecule has 2 aliphatic rings. The van der Waals surface area contributed by atoms with Crippen LogP contribution < -0.4 is 0 Å². The van der Waals surface area contributed by atoms with Crippen LogP contribution in [0.1, 0.15) is 60.3 Å². The second-order valence-electron chi connectivity index (χ2n) is 7.18. The average Bonchev–Trinajstić information content (AvgIpc) is 2.47. The average molecular weight is 256 g/mol. The second-order valence-corrected chi connectivity index (χ2v) is 7.18. The van der Waals surface area contributed by atoms with Gasteiger partial charge in [0.15, 0.2) is 0 Å². The molecule has 0 aromatic rings. The van der Waals surface area contributed by atoms with Crippen LogP contribution in [0.4, 0.5) is 0 Å². The highest BCUT2D eigenvalue weighted by Crippen LogP contribution is 2.50. The first-order valence-corrected chi connectivity index (χ1v) is 7.23. The lowest BCUT2D eigenvalue weighted by Gasteiger charge is -2.44. The zero-order chi connectivity index (χ0) is 13.6. The first-order valence-electron chi connectivity index (χ1n) is 7.23. The minimum absolute atomic E-state index is 0.135. The van der Waals surface area contributed by atoms with E-state index in [0.29, 0.717) is 6.61 Å². The van der Waals surface area contributed by atoms with Gasteiger partial charge in [0.2, 0.25) is 0 Å². The zero-order valence-corrected chi connectivity index (χ0v) is 12.5. The van der Waals surface area contributed by atoms with Gasteiger partial charge >= 0.3 is 0 Å². The van der Waals surface area contributed by atoms with Crippen molar-refractivity contribution in [2.75, 3.05) is 6.61 Å². The van der Waals surface area contributed by atoms with E-state index in [1.54, 1.807) is 0 Å². The predicted molar refractivity (Wildman–Crippen MR) is 71.6 cm³/mol. The van der Waals surface area contributed by atoms with Gasteiger partial charge in [-0.3, -0.25) is 0 Å². The van der Waals surface area contributed by atoms with E-state index in [9.17, 15) is 5.11 Å². The summed E-state index contributed by atoms with van der Waals surface area (Å²) >= 11 is 0. The molecule has 2 heterocycles. The van der Waals surface area contributed by atoms with E-state index in [1.807, 2.05) is 0 Å². The normalized spacial score (nSPS) is 43.0. The lowest BCUT2D eigenvalue weighted by molar-refractivity contribution is -0.162. The summed E-state index contributed by atoms with van der Waals surface area (Å²) in [6.45, 7) is 11.3. The van der Waals surface area contributed by atoms with Crippen molar-refractivity contribution in [1.29, 1.82) is 0 Å². The first kappa shape index (κ1) is 14.3. The van der Waals surface area contributed by atoms with Crippen LogP contribution in [0, 0.1) is 5.92 Å². The summed E-state index contributed by atoms with van der Waals surface area (Å²) in [5.74, 6) is 0.193. The van der Waals surface area contributed by atoms with Gasteiger partial charge in [0, 0.05) is 18.9 Å². The second kappa shape index (κ2) is 4.46. The number of rotatable bonds is 2. The molecule has 0 spiro atoms. The highest BCUT2D eigenvalue weighted by Gasteiger charge is 2.55. The fourth-order valence-corrected chi connectivity index (χ4v) is 3.94. The predicted octanol–water partition coefficient (Wildman–Crippen LogP) is 2.90. The molecule has 0 amide bonds. The smallest absolute Gasteiger partial charge is 0.0750 e. The van der Waals surface area contributed by atoms with Crippen molar-refractivity contribution in [1.82, 2.24) is 0 Å². The van der Waals surface area contributed by atoms with Gasteiger partial charge in [-0.05, 0) is 47.0 Å². The molecule has 2 saturated heterocycles. The van der Waals surface area contributed by atoms with Gasteiger partial charge in [-0.2, -0.15) is 0 Å². The van der Waals surface area contributed by atoms with Crippen LogP contribution in [0.15, 0.2) is 0 Å². The third-order valence-electron chi connectivity index (χ3n) is 4.65. The maximum Gasteiger partial charge on any atom is 0.0750 e. The van der Waals surface area contributed by atoms with Crippen molar-refractivity contribution >= 4 is 0 Å². The lowest BCUT2D eigenvalue weighted by Crippen LogP contribution is -2.51. The molecular weight excluding hydrogens is 228 g/mol. The van der Waals surface area contributed by atoms with E-state index >= 15 is 0 Å². The molecule has 2 rings (SSSR count). The zero-order valence-electron chi connectivity index (χ0n) is 12.5. The highest BCUT2D eigenvalue weighted by molar-refractivity contribution is 5.05. The molecule has 3 heteroatoms. The van der Waals surface area contributed by atoms with E-state index in [0.717, 1.165) is 25.7 Å². The van der Waals surface area contributed by atoms with Gasteiger partial charge in [0.05, 0.1) is 22.9 Å². The van der Waals surface area contributed by atoms with Crippen molar-refractivity contribution in [3.8, 4) is 0 Å². The minimum Gasteiger partial charge on any atom is -0.389 e. The molecule has 0 radical (unpaired) electrons. The summed E-state index contributed by atoms with van der Waals surface area (Å²) in [6.07, 6.45) is 3.57. The minimum atomic E-state index is -0.629. The molecule has 0 aliphatic carbocycles. The van der Waals surface area contributed by atoms with Gasteiger partial charge in [-0.15, -0.1) is 0 Å². The van der Waals surface area contributed by atoms with E-state index in [4.69, 9.17) is 9.47 Å². The molecule has 3 unspecified atom stereocenters. The van der Waals surface area contributed by atoms with Crippen LogP contribution in [-0.4, -0.2) is 34.6 Å². The number of aliphatic hydroxyl groups is 1. The van der Waals surface area contributed by atoms with Gasteiger partial charge in [-0.25, -0.2) is 0 Å². The number of hydrogen-bond donors (Lipinski definition) is 1.